The van der Waals surface area contributed by atoms with Crippen molar-refractivity contribution in [2.75, 3.05) is 0 Å². The molecule has 0 aromatic carbocycles. The second-order valence-electron chi connectivity index (χ2n) is 2.47. The van der Waals surface area contributed by atoms with Gasteiger partial charge in [-0.2, -0.15) is 0 Å². The Balaban J connectivity index is 2.93. The fraction of sp³-hybridized carbons (Fsp3) is 0.222. The van der Waals surface area contributed by atoms with Gasteiger partial charge in [-0.15, -0.1) is 0 Å². The van der Waals surface area contributed by atoms with E-state index in [2.05, 4.69) is 0 Å². The van der Waals surface area contributed by atoms with Gasteiger partial charge in [0.05, 0.1) is 6.26 Å². The molecule has 0 aliphatic carbocycles. The third kappa shape index (κ3) is 1.80. The van der Waals surface area contributed by atoms with Crippen LogP contribution in [0.2, 0.25) is 0 Å². The van der Waals surface area contributed by atoms with Crippen LogP contribution in [-0.2, 0) is 4.79 Å². The zero-order valence-electron chi connectivity index (χ0n) is 6.63. The topological polar surface area (TPSA) is 30.2 Å². The molecule has 1 aromatic rings. The summed E-state index contributed by atoms with van der Waals surface area (Å²) >= 11 is 0. The monoisotopic (exact) mass is 150 g/mol. The van der Waals surface area contributed by atoms with Crippen LogP contribution in [0, 0.1) is 6.92 Å². The maximum absolute atomic E-state index is 10.1. The fourth-order valence-electron chi connectivity index (χ4n) is 0.822. The van der Waals surface area contributed by atoms with Crippen molar-refractivity contribution in [1.29, 1.82) is 0 Å². The normalized spacial score (nSPS) is 11.6. The van der Waals surface area contributed by atoms with E-state index in [1.165, 1.54) is 6.08 Å². The minimum absolute atomic E-state index is 0.757. The Kier molecular flexibility index (Phi) is 2.26. The van der Waals surface area contributed by atoms with Crippen molar-refractivity contribution in [2.45, 2.75) is 13.8 Å². The summed E-state index contributed by atoms with van der Waals surface area (Å²) in [4.78, 5) is 10.1. The minimum atomic E-state index is 0.757. The average Bonchev–Trinajstić information content (AvgIpc) is 2.36. The van der Waals surface area contributed by atoms with Crippen LogP contribution in [0.4, 0.5) is 0 Å². The van der Waals surface area contributed by atoms with Crippen LogP contribution < -0.4 is 0 Å². The summed E-state index contributed by atoms with van der Waals surface area (Å²) in [5, 5.41) is 0. The van der Waals surface area contributed by atoms with Crippen LogP contribution in [0.5, 0.6) is 0 Å². The van der Waals surface area contributed by atoms with Gasteiger partial charge in [-0.3, -0.25) is 4.79 Å². The van der Waals surface area contributed by atoms with Crippen molar-refractivity contribution >= 4 is 11.9 Å². The molecule has 58 valence electrons. The highest BCUT2D eigenvalue weighted by Crippen LogP contribution is 2.15. The molecule has 0 saturated heterocycles. The molecule has 1 rings (SSSR count). The number of carbonyl (C=O) groups excluding carboxylic acids is 1. The molecule has 0 amide bonds. The van der Waals surface area contributed by atoms with Crippen molar-refractivity contribution in [3.8, 4) is 0 Å². The molecular weight excluding hydrogens is 140 g/mol. The summed E-state index contributed by atoms with van der Waals surface area (Å²) in [5.41, 5.74) is 1.92. The van der Waals surface area contributed by atoms with Gasteiger partial charge in [-0.05, 0) is 37.1 Å². The van der Waals surface area contributed by atoms with E-state index in [0.717, 1.165) is 23.2 Å². The predicted octanol–water partition coefficient (Wildman–Crippen LogP) is 2.19. The lowest BCUT2D eigenvalue weighted by molar-refractivity contribution is -0.104. The Morgan fingerprint density at radius 2 is 2.36 bits per heavy atom. The summed E-state index contributed by atoms with van der Waals surface area (Å²) < 4.78 is 5.15. The SMILES string of the molecule is CC(=CC=O)c1cc(C)co1. The number of aldehydes is 1. The lowest BCUT2D eigenvalue weighted by Gasteiger charge is -1.89. The third-order valence-electron chi connectivity index (χ3n) is 1.44. The second-order valence-corrected chi connectivity index (χ2v) is 2.47. The van der Waals surface area contributed by atoms with Crippen LogP contribution in [0.15, 0.2) is 22.8 Å². The van der Waals surface area contributed by atoms with Crippen molar-refractivity contribution in [2.24, 2.45) is 0 Å². The number of allylic oxidation sites excluding steroid dienone is 2. The van der Waals surface area contributed by atoms with E-state index >= 15 is 0 Å². The highest BCUT2D eigenvalue weighted by molar-refractivity contribution is 5.79. The molecule has 2 nitrogen and oxygen atoms in total. The zero-order valence-corrected chi connectivity index (χ0v) is 6.63. The lowest BCUT2D eigenvalue weighted by atomic mass is 10.2. The number of hydrogen-bond donors (Lipinski definition) is 0. The van der Waals surface area contributed by atoms with E-state index in [0.29, 0.717) is 0 Å². The first kappa shape index (κ1) is 7.79. The van der Waals surface area contributed by atoms with Crippen LogP contribution in [0.3, 0.4) is 0 Å². The molecule has 0 bridgehead atoms. The molecule has 0 aliphatic rings. The van der Waals surface area contributed by atoms with Crippen molar-refractivity contribution in [3.05, 3.63) is 29.7 Å². The number of rotatable bonds is 2. The Labute approximate surface area is 65.5 Å². The Morgan fingerprint density at radius 3 is 2.82 bits per heavy atom. The molecule has 11 heavy (non-hydrogen) atoms. The van der Waals surface area contributed by atoms with E-state index < -0.39 is 0 Å². The van der Waals surface area contributed by atoms with Gasteiger partial charge in [0.25, 0.3) is 0 Å². The van der Waals surface area contributed by atoms with Gasteiger partial charge in [0.1, 0.15) is 12.0 Å². The van der Waals surface area contributed by atoms with Gasteiger partial charge in [-0.25, -0.2) is 0 Å². The van der Waals surface area contributed by atoms with Crippen LogP contribution in [-0.4, -0.2) is 6.29 Å². The van der Waals surface area contributed by atoms with Gasteiger partial charge in [0.2, 0.25) is 0 Å². The maximum atomic E-state index is 10.1. The van der Waals surface area contributed by atoms with Crippen molar-refractivity contribution in [1.82, 2.24) is 0 Å². The van der Waals surface area contributed by atoms with Gasteiger partial charge in [-0.1, -0.05) is 0 Å². The van der Waals surface area contributed by atoms with Gasteiger partial charge < -0.3 is 4.42 Å². The molecular formula is C9H10O2. The molecule has 1 heterocycles. The molecule has 0 aliphatic heterocycles. The minimum Gasteiger partial charge on any atom is -0.464 e. The molecule has 0 fully saturated rings. The first-order valence-corrected chi connectivity index (χ1v) is 3.41. The summed E-state index contributed by atoms with van der Waals surface area (Å²) in [7, 11) is 0. The quantitative estimate of drug-likeness (QED) is 0.478. The largest absolute Gasteiger partial charge is 0.464 e. The molecule has 0 atom stereocenters. The Morgan fingerprint density at radius 1 is 1.64 bits per heavy atom. The number of aryl methyl sites for hydroxylation is 1. The molecule has 0 saturated carbocycles. The summed E-state index contributed by atoms with van der Waals surface area (Å²) in [5.74, 6) is 0.759. The average molecular weight is 150 g/mol. The molecule has 0 radical (unpaired) electrons. The molecule has 2 heteroatoms. The predicted molar refractivity (Wildman–Crippen MR) is 43.2 cm³/mol. The van der Waals surface area contributed by atoms with Gasteiger partial charge in [0.15, 0.2) is 0 Å². The van der Waals surface area contributed by atoms with E-state index in [1.54, 1.807) is 6.26 Å². The van der Waals surface area contributed by atoms with Crippen molar-refractivity contribution in [3.63, 3.8) is 0 Å². The van der Waals surface area contributed by atoms with E-state index in [4.69, 9.17) is 4.42 Å². The van der Waals surface area contributed by atoms with E-state index in [1.807, 2.05) is 19.9 Å². The van der Waals surface area contributed by atoms with E-state index in [-0.39, 0.29) is 0 Å². The third-order valence-corrected chi connectivity index (χ3v) is 1.44. The summed E-state index contributed by atoms with van der Waals surface area (Å²) in [6, 6.07) is 1.90. The van der Waals surface area contributed by atoms with Gasteiger partial charge in [0, 0.05) is 0 Å². The number of furan rings is 1. The summed E-state index contributed by atoms with van der Waals surface area (Å²) in [6.07, 6.45) is 3.91. The number of carbonyl (C=O) groups is 1. The summed E-state index contributed by atoms with van der Waals surface area (Å²) in [6.45, 7) is 3.79. The maximum Gasteiger partial charge on any atom is 0.143 e. The second kappa shape index (κ2) is 3.19. The first-order valence-electron chi connectivity index (χ1n) is 3.41. The molecule has 0 spiro atoms. The Hall–Kier alpha value is -1.31. The highest BCUT2D eigenvalue weighted by atomic mass is 16.3. The molecule has 1 aromatic heterocycles. The Bertz CT molecular complexity index is 282. The van der Waals surface area contributed by atoms with Crippen LogP contribution in [0.1, 0.15) is 18.2 Å². The standard InChI is InChI=1S/C9H10O2/c1-7-5-9(11-6-7)8(2)3-4-10/h3-6H,1-2H3. The first-order chi connectivity index (χ1) is 5.24. The highest BCUT2D eigenvalue weighted by Gasteiger charge is 1.98. The van der Waals surface area contributed by atoms with Crippen LogP contribution >= 0.6 is 0 Å². The van der Waals surface area contributed by atoms with Crippen molar-refractivity contribution < 1.29 is 9.21 Å². The van der Waals surface area contributed by atoms with Gasteiger partial charge >= 0.3 is 0 Å². The van der Waals surface area contributed by atoms with E-state index in [9.17, 15) is 4.79 Å². The number of hydrogen-bond acceptors (Lipinski definition) is 2. The molecule has 0 N–H and O–H groups in total. The smallest absolute Gasteiger partial charge is 0.143 e. The fourth-order valence-corrected chi connectivity index (χ4v) is 0.822. The molecule has 0 unspecified atom stereocenters. The zero-order chi connectivity index (χ0) is 8.27. The lowest BCUT2D eigenvalue weighted by Crippen LogP contribution is -1.73. The van der Waals surface area contributed by atoms with Crippen LogP contribution in [0.25, 0.3) is 5.57 Å².